The lowest BCUT2D eigenvalue weighted by Gasteiger charge is -2.43. The molecule has 0 aromatic carbocycles. The standard InChI is InChI=1S/C27H47N3O2/c31-25-27(20-14-6-4-2-1-3-5-7-15-21-27)28-26(32)30(25)22-29(23-16-10-8-11-17-23)24-18-12-9-13-19-24/h23-24H,1-22H2,(H,28,32). The van der Waals surface area contributed by atoms with Gasteiger partial charge in [0.2, 0.25) is 0 Å². The van der Waals surface area contributed by atoms with E-state index in [1.165, 1.54) is 109 Å². The Bertz CT molecular complexity index is 580. The molecule has 4 aliphatic rings. The first kappa shape index (κ1) is 24.0. The third-order valence-electron chi connectivity index (χ3n) is 8.85. The SMILES string of the molecule is O=C1NC2(CCCCCCCCCCC2)C(=O)N1CN(C1CCCCC1)C1CCCCC1. The lowest BCUT2D eigenvalue weighted by atomic mass is 9.85. The summed E-state index contributed by atoms with van der Waals surface area (Å²) >= 11 is 0. The normalized spacial score (nSPS) is 27.3. The summed E-state index contributed by atoms with van der Waals surface area (Å²) in [6.07, 6.45) is 25.4. The van der Waals surface area contributed by atoms with Crippen molar-refractivity contribution >= 4 is 11.9 Å². The Kier molecular flexibility index (Phi) is 8.90. The first-order valence-electron chi connectivity index (χ1n) is 14.1. The molecule has 182 valence electrons. The molecule has 0 bridgehead atoms. The van der Waals surface area contributed by atoms with Gasteiger partial charge in [-0.25, -0.2) is 9.69 Å². The quantitative estimate of drug-likeness (QED) is 0.502. The molecular weight excluding hydrogens is 398 g/mol. The van der Waals surface area contributed by atoms with Crippen molar-refractivity contribution in [2.24, 2.45) is 0 Å². The van der Waals surface area contributed by atoms with Crippen molar-refractivity contribution in [1.82, 2.24) is 15.1 Å². The molecule has 0 aromatic heterocycles. The average Bonchev–Trinajstić information content (AvgIpc) is 3.05. The summed E-state index contributed by atoms with van der Waals surface area (Å²) in [5, 5.41) is 3.24. The van der Waals surface area contributed by atoms with Crippen molar-refractivity contribution in [3.05, 3.63) is 0 Å². The molecule has 1 heterocycles. The number of imide groups is 1. The number of carbonyl (C=O) groups excluding carboxylic acids is 2. The minimum Gasteiger partial charge on any atom is -0.323 e. The molecule has 1 saturated heterocycles. The molecule has 32 heavy (non-hydrogen) atoms. The van der Waals surface area contributed by atoms with Crippen molar-refractivity contribution in [3.63, 3.8) is 0 Å². The van der Waals surface area contributed by atoms with Gasteiger partial charge in [-0.15, -0.1) is 0 Å². The number of urea groups is 1. The highest BCUT2D eigenvalue weighted by Crippen LogP contribution is 2.34. The fourth-order valence-corrected chi connectivity index (χ4v) is 6.88. The van der Waals surface area contributed by atoms with Crippen LogP contribution in [0.2, 0.25) is 0 Å². The predicted molar refractivity (Wildman–Crippen MR) is 129 cm³/mol. The predicted octanol–water partition coefficient (Wildman–Crippen LogP) is 6.51. The third-order valence-corrected chi connectivity index (χ3v) is 8.85. The molecule has 0 atom stereocenters. The summed E-state index contributed by atoms with van der Waals surface area (Å²) in [5.41, 5.74) is -0.638. The van der Waals surface area contributed by atoms with Gasteiger partial charge in [0.1, 0.15) is 5.54 Å². The lowest BCUT2D eigenvalue weighted by Crippen LogP contribution is -2.53. The van der Waals surface area contributed by atoms with Gasteiger partial charge in [-0.05, 0) is 38.5 Å². The summed E-state index contributed by atoms with van der Waals surface area (Å²) < 4.78 is 0. The van der Waals surface area contributed by atoms with E-state index < -0.39 is 5.54 Å². The van der Waals surface area contributed by atoms with Crippen LogP contribution < -0.4 is 5.32 Å². The molecular formula is C27H47N3O2. The Hall–Kier alpha value is -1.10. The molecule has 3 amide bonds. The van der Waals surface area contributed by atoms with E-state index in [1.807, 2.05) is 0 Å². The molecule has 5 nitrogen and oxygen atoms in total. The zero-order valence-corrected chi connectivity index (χ0v) is 20.4. The molecule has 0 aromatic rings. The first-order valence-corrected chi connectivity index (χ1v) is 14.1. The Morgan fingerprint density at radius 2 is 1.06 bits per heavy atom. The minimum absolute atomic E-state index is 0.0798. The van der Waals surface area contributed by atoms with Crippen LogP contribution >= 0.6 is 0 Å². The molecule has 3 saturated carbocycles. The Balaban J connectivity index is 1.47. The third kappa shape index (κ3) is 5.87. The monoisotopic (exact) mass is 445 g/mol. The molecule has 1 N–H and O–H groups in total. The summed E-state index contributed by atoms with van der Waals surface area (Å²) in [6.45, 7) is 0.516. The smallest absolute Gasteiger partial charge is 0.323 e. The lowest BCUT2D eigenvalue weighted by molar-refractivity contribution is -0.134. The zero-order valence-electron chi connectivity index (χ0n) is 20.4. The molecule has 1 spiro atoms. The average molecular weight is 446 g/mol. The van der Waals surface area contributed by atoms with Crippen LogP contribution in [0.15, 0.2) is 0 Å². The van der Waals surface area contributed by atoms with Crippen LogP contribution in [0.4, 0.5) is 4.79 Å². The summed E-state index contributed by atoms with van der Waals surface area (Å²) in [7, 11) is 0. The summed E-state index contributed by atoms with van der Waals surface area (Å²) in [6, 6.07) is 0.958. The highest BCUT2D eigenvalue weighted by atomic mass is 16.2. The fraction of sp³-hybridized carbons (Fsp3) is 0.926. The summed E-state index contributed by atoms with van der Waals surface area (Å²) in [5.74, 6) is 0.0798. The van der Waals surface area contributed by atoms with Gasteiger partial charge in [-0.3, -0.25) is 9.69 Å². The highest BCUT2D eigenvalue weighted by Gasteiger charge is 2.51. The van der Waals surface area contributed by atoms with Gasteiger partial charge in [-0.2, -0.15) is 0 Å². The molecule has 3 aliphatic carbocycles. The Morgan fingerprint density at radius 3 is 1.53 bits per heavy atom. The van der Waals surface area contributed by atoms with Gasteiger partial charge in [0.15, 0.2) is 0 Å². The van der Waals surface area contributed by atoms with Crippen LogP contribution in [0, 0.1) is 0 Å². The van der Waals surface area contributed by atoms with Gasteiger partial charge in [0.05, 0.1) is 6.67 Å². The number of rotatable bonds is 4. The van der Waals surface area contributed by atoms with Gasteiger partial charge >= 0.3 is 6.03 Å². The summed E-state index contributed by atoms with van der Waals surface area (Å²) in [4.78, 5) is 31.2. The van der Waals surface area contributed by atoms with Gasteiger partial charge in [0, 0.05) is 12.1 Å². The maximum atomic E-state index is 13.8. The van der Waals surface area contributed by atoms with Crippen molar-refractivity contribution in [2.45, 2.75) is 152 Å². The van der Waals surface area contributed by atoms with E-state index >= 15 is 0 Å². The molecule has 4 rings (SSSR count). The van der Waals surface area contributed by atoms with E-state index in [0.717, 1.165) is 25.7 Å². The Labute approximate surface area is 196 Å². The van der Waals surface area contributed by atoms with Crippen LogP contribution in [0.25, 0.3) is 0 Å². The number of carbonyl (C=O) groups is 2. The molecule has 0 radical (unpaired) electrons. The van der Waals surface area contributed by atoms with E-state index in [0.29, 0.717) is 18.8 Å². The maximum absolute atomic E-state index is 13.8. The molecule has 1 aliphatic heterocycles. The zero-order chi connectivity index (χ0) is 22.2. The second kappa shape index (κ2) is 11.9. The number of nitrogens with one attached hydrogen (secondary N) is 1. The van der Waals surface area contributed by atoms with Crippen LogP contribution in [0.1, 0.15) is 135 Å². The topological polar surface area (TPSA) is 52.7 Å². The van der Waals surface area contributed by atoms with E-state index in [4.69, 9.17) is 0 Å². The van der Waals surface area contributed by atoms with Crippen LogP contribution in [0.3, 0.4) is 0 Å². The number of hydrogen-bond acceptors (Lipinski definition) is 3. The number of amides is 3. The number of nitrogens with zero attached hydrogens (tertiary/aromatic N) is 2. The minimum atomic E-state index is -0.638. The van der Waals surface area contributed by atoms with Crippen molar-refractivity contribution in [1.29, 1.82) is 0 Å². The maximum Gasteiger partial charge on any atom is 0.326 e. The van der Waals surface area contributed by atoms with E-state index in [9.17, 15) is 9.59 Å². The Morgan fingerprint density at radius 1 is 0.656 bits per heavy atom. The fourth-order valence-electron chi connectivity index (χ4n) is 6.88. The highest BCUT2D eigenvalue weighted by molar-refractivity contribution is 6.07. The van der Waals surface area contributed by atoms with Crippen molar-refractivity contribution < 1.29 is 9.59 Å². The van der Waals surface area contributed by atoms with E-state index in [1.54, 1.807) is 4.90 Å². The molecule has 4 fully saturated rings. The molecule has 5 heteroatoms. The van der Waals surface area contributed by atoms with E-state index in [2.05, 4.69) is 10.2 Å². The van der Waals surface area contributed by atoms with Gasteiger partial charge in [-0.1, -0.05) is 96.3 Å². The first-order chi connectivity index (χ1) is 15.7. The van der Waals surface area contributed by atoms with Crippen molar-refractivity contribution in [2.75, 3.05) is 6.67 Å². The van der Waals surface area contributed by atoms with Crippen LogP contribution in [-0.2, 0) is 4.79 Å². The molecule has 0 unspecified atom stereocenters. The van der Waals surface area contributed by atoms with Crippen LogP contribution in [-0.4, -0.2) is 46.0 Å². The largest absolute Gasteiger partial charge is 0.326 e. The van der Waals surface area contributed by atoms with Gasteiger partial charge < -0.3 is 5.32 Å². The second-order valence-corrected chi connectivity index (χ2v) is 11.2. The van der Waals surface area contributed by atoms with E-state index in [-0.39, 0.29) is 11.9 Å². The van der Waals surface area contributed by atoms with Gasteiger partial charge in [0.25, 0.3) is 5.91 Å². The number of hydrogen-bond donors (Lipinski definition) is 1. The second-order valence-electron chi connectivity index (χ2n) is 11.2. The van der Waals surface area contributed by atoms with Crippen molar-refractivity contribution in [3.8, 4) is 0 Å². The van der Waals surface area contributed by atoms with Crippen LogP contribution in [0.5, 0.6) is 0 Å².